The highest BCUT2D eigenvalue weighted by atomic mass is 32.4. The van der Waals surface area contributed by atoms with Gasteiger partial charge in [0.05, 0.1) is 6.19 Å². The zero-order valence-corrected chi connectivity index (χ0v) is 19.2. The van der Waals surface area contributed by atoms with Crippen LogP contribution >= 0.6 is 17.5 Å². The fourth-order valence-electron chi connectivity index (χ4n) is 3.34. The SMILES string of the molecule is C[C@@](C#Cc1ccsc1)(NP(=S)(c1ccccc1)c1ccccc1)c1ccccc1. The molecule has 0 aliphatic heterocycles. The summed E-state index contributed by atoms with van der Waals surface area (Å²) in [5, 5.41) is 10.3. The van der Waals surface area contributed by atoms with Gasteiger partial charge in [-0.1, -0.05) is 115 Å². The molecule has 0 spiro atoms. The average Bonchev–Trinajstić information content (AvgIpc) is 3.33. The van der Waals surface area contributed by atoms with Gasteiger partial charge in [0, 0.05) is 21.6 Å². The molecule has 0 aliphatic rings. The van der Waals surface area contributed by atoms with Crippen molar-refractivity contribution in [1.29, 1.82) is 0 Å². The minimum Gasteiger partial charge on any atom is -0.262 e. The van der Waals surface area contributed by atoms with E-state index in [1.165, 1.54) is 0 Å². The highest BCUT2D eigenvalue weighted by Crippen LogP contribution is 2.43. The van der Waals surface area contributed by atoms with Crippen LogP contribution in [0, 0.1) is 11.8 Å². The van der Waals surface area contributed by atoms with E-state index in [-0.39, 0.29) is 0 Å². The second kappa shape index (κ2) is 9.13. The molecule has 0 amide bonds. The first-order valence-corrected chi connectivity index (χ1v) is 13.5. The summed E-state index contributed by atoms with van der Waals surface area (Å²) in [5.41, 5.74) is 1.52. The van der Waals surface area contributed by atoms with Crippen molar-refractivity contribution >= 4 is 39.9 Å². The molecule has 0 radical (unpaired) electrons. The Hall–Kier alpha value is -2.47. The van der Waals surface area contributed by atoms with Crippen LogP contribution in [0.4, 0.5) is 0 Å². The van der Waals surface area contributed by atoms with Gasteiger partial charge in [-0.3, -0.25) is 5.09 Å². The predicted molar refractivity (Wildman–Crippen MR) is 135 cm³/mol. The number of nitrogens with one attached hydrogen (secondary N) is 1. The number of hydrogen-bond donors (Lipinski definition) is 1. The Balaban J connectivity index is 1.86. The van der Waals surface area contributed by atoms with Crippen molar-refractivity contribution in [3.8, 4) is 11.8 Å². The van der Waals surface area contributed by atoms with Gasteiger partial charge in [-0.25, -0.2) is 0 Å². The third-order valence-corrected chi connectivity index (χ3v) is 9.98. The van der Waals surface area contributed by atoms with Crippen LogP contribution in [-0.4, -0.2) is 0 Å². The Morgan fingerprint density at radius 1 is 0.800 bits per heavy atom. The molecule has 3 aromatic carbocycles. The van der Waals surface area contributed by atoms with Crippen molar-refractivity contribution in [2.75, 3.05) is 0 Å². The summed E-state index contributed by atoms with van der Waals surface area (Å²) in [5.74, 6) is 6.88. The molecule has 0 saturated carbocycles. The van der Waals surface area contributed by atoms with Crippen LogP contribution in [0.2, 0.25) is 0 Å². The maximum absolute atomic E-state index is 6.43. The molecule has 30 heavy (non-hydrogen) atoms. The molecule has 1 heterocycles. The molecule has 1 N–H and O–H groups in total. The highest BCUT2D eigenvalue weighted by molar-refractivity contribution is 8.20. The van der Waals surface area contributed by atoms with Crippen molar-refractivity contribution in [2.45, 2.75) is 12.5 Å². The van der Waals surface area contributed by atoms with E-state index in [1.807, 2.05) is 24.3 Å². The standard InChI is InChI=1S/C26H22NPS2/c1-26(23-11-5-2-6-12-23,19-17-22-18-20-30-21-22)27-28(29,24-13-7-3-8-14-24)25-15-9-4-10-16-25/h2-16,18,20-21H,1H3,(H,27,29)/t26-/m0/s1. The molecule has 0 aliphatic carbocycles. The van der Waals surface area contributed by atoms with Gasteiger partial charge in [-0.15, -0.1) is 0 Å². The predicted octanol–water partition coefficient (Wildman–Crippen LogP) is 5.65. The second-order valence-electron chi connectivity index (χ2n) is 7.15. The maximum Gasteiger partial charge on any atom is 0.107 e. The molecular formula is C26H22NPS2. The molecule has 4 aromatic rings. The smallest absolute Gasteiger partial charge is 0.107 e. The zero-order valence-electron chi connectivity index (χ0n) is 16.7. The highest BCUT2D eigenvalue weighted by Gasteiger charge is 2.33. The Bertz CT molecular complexity index is 1150. The summed E-state index contributed by atoms with van der Waals surface area (Å²) in [6, 6.07) is 33.2. The van der Waals surface area contributed by atoms with E-state index >= 15 is 0 Å². The number of benzene rings is 3. The van der Waals surface area contributed by atoms with Gasteiger partial charge in [-0.05, 0) is 23.9 Å². The van der Waals surface area contributed by atoms with Crippen molar-refractivity contribution in [1.82, 2.24) is 5.09 Å². The van der Waals surface area contributed by atoms with Gasteiger partial charge >= 0.3 is 0 Å². The van der Waals surface area contributed by atoms with Gasteiger partial charge in [0.15, 0.2) is 0 Å². The molecular weight excluding hydrogens is 421 g/mol. The van der Waals surface area contributed by atoms with E-state index < -0.39 is 11.7 Å². The van der Waals surface area contributed by atoms with E-state index in [2.05, 4.69) is 107 Å². The molecule has 1 nitrogen and oxygen atoms in total. The summed E-state index contributed by atoms with van der Waals surface area (Å²) in [7, 11) is 0. The Morgan fingerprint density at radius 2 is 1.33 bits per heavy atom. The van der Waals surface area contributed by atoms with Crippen molar-refractivity contribution in [2.24, 2.45) is 0 Å². The first-order chi connectivity index (χ1) is 14.6. The minimum absolute atomic E-state index is 0.607. The topological polar surface area (TPSA) is 12.0 Å². The van der Waals surface area contributed by atoms with Gasteiger partial charge in [-0.2, -0.15) is 11.3 Å². The lowest BCUT2D eigenvalue weighted by Gasteiger charge is -2.35. The molecule has 4 heteroatoms. The average molecular weight is 444 g/mol. The molecule has 1 aromatic heterocycles. The number of thiophene rings is 1. The normalized spacial score (nSPS) is 13.1. The third-order valence-electron chi connectivity index (χ3n) is 4.95. The maximum atomic E-state index is 6.43. The molecule has 0 unspecified atom stereocenters. The lowest BCUT2D eigenvalue weighted by Crippen LogP contribution is -2.41. The number of rotatable bonds is 5. The van der Waals surface area contributed by atoms with E-state index in [9.17, 15) is 0 Å². The lowest BCUT2D eigenvalue weighted by atomic mass is 9.94. The van der Waals surface area contributed by atoms with E-state index in [0.29, 0.717) is 0 Å². The fraction of sp³-hybridized carbons (Fsp3) is 0.0769. The zero-order chi connectivity index (χ0) is 20.9. The molecule has 1 atom stereocenters. The van der Waals surface area contributed by atoms with Crippen LogP contribution < -0.4 is 15.7 Å². The molecule has 0 saturated heterocycles. The van der Waals surface area contributed by atoms with Crippen LogP contribution in [-0.2, 0) is 17.3 Å². The lowest BCUT2D eigenvalue weighted by molar-refractivity contribution is 0.599. The van der Waals surface area contributed by atoms with E-state index in [4.69, 9.17) is 11.8 Å². The van der Waals surface area contributed by atoms with Gasteiger partial charge < -0.3 is 0 Å². The van der Waals surface area contributed by atoms with Crippen LogP contribution in [0.5, 0.6) is 0 Å². The van der Waals surface area contributed by atoms with Crippen LogP contribution in [0.1, 0.15) is 18.1 Å². The molecule has 4 rings (SSSR count). The van der Waals surface area contributed by atoms with Crippen LogP contribution in [0.15, 0.2) is 108 Å². The van der Waals surface area contributed by atoms with Gasteiger partial charge in [0.25, 0.3) is 0 Å². The fourth-order valence-corrected chi connectivity index (χ4v) is 7.76. The van der Waals surface area contributed by atoms with Crippen LogP contribution in [0.3, 0.4) is 0 Å². The van der Waals surface area contributed by atoms with Crippen molar-refractivity contribution in [3.05, 3.63) is 119 Å². The first-order valence-electron chi connectivity index (χ1n) is 9.72. The Morgan fingerprint density at radius 3 is 1.83 bits per heavy atom. The largest absolute Gasteiger partial charge is 0.262 e. The summed E-state index contributed by atoms with van der Waals surface area (Å²) < 4.78 is 0. The molecule has 0 bridgehead atoms. The van der Waals surface area contributed by atoms with Crippen molar-refractivity contribution in [3.63, 3.8) is 0 Å². The van der Waals surface area contributed by atoms with Gasteiger partial charge in [0.2, 0.25) is 0 Å². The number of hydrogen-bond acceptors (Lipinski definition) is 2. The summed E-state index contributed by atoms with van der Waals surface area (Å²) >= 11 is 8.09. The molecule has 148 valence electrons. The second-order valence-corrected chi connectivity index (χ2v) is 12.0. The van der Waals surface area contributed by atoms with Crippen LogP contribution in [0.25, 0.3) is 0 Å². The monoisotopic (exact) mass is 443 g/mol. The van der Waals surface area contributed by atoms with Gasteiger partial charge in [0.1, 0.15) is 5.54 Å². The summed E-state index contributed by atoms with van der Waals surface area (Å²) in [6.45, 7) is 2.13. The van der Waals surface area contributed by atoms with E-state index in [0.717, 1.165) is 21.7 Å². The summed E-state index contributed by atoms with van der Waals surface area (Å²) in [6.07, 6.45) is -2.33. The minimum atomic E-state index is -2.33. The Kier molecular flexibility index (Phi) is 6.32. The third kappa shape index (κ3) is 4.48. The molecule has 0 fully saturated rings. The summed E-state index contributed by atoms with van der Waals surface area (Å²) in [4.78, 5) is 0. The quantitative estimate of drug-likeness (QED) is 0.316. The van der Waals surface area contributed by atoms with E-state index in [1.54, 1.807) is 11.3 Å². The first kappa shape index (κ1) is 20.8. The van der Waals surface area contributed by atoms with Crippen molar-refractivity contribution < 1.29 is 0 Å². The Labute approximate surface area is 187 Å².